The maximum Gasteiger partial charge on any atom is 0.209 e. The molecule has 5 heteroatoms. The Kier molecular flexibility index (Phi) is 3.64. The highest BCUT2D eigenvalue weighted by molar-refractivity contribution is 7.92. The molecule has 1 aliphatic carbocycles. The van der Waals surface area contributed by atoms with Crippen molar-refractivity contribution >= 4 is 17.9 Å². The van der Waals surface area contributed by atoms with Crippen LogP contribution in [-0.4, -0.2) is 27.0 Å². The second-order valence-electron chi connectivity index (χ2n) is 4.79. The van der Waals surface area contributed by atoms with Crippen LogP contribution in [0.4, 0.5) is 0 Å². The molecule has 0 amide bonds. The molecule has 0 bridgehead atoms. The second-order valence-corrected chi connectivity index (χ2v) is 7.01. The van der Waals surface area contributed by atoms with E-state index in [1.807, 2.05) is 21.7 Å². The Morgan fingerprint density at radius 2 is 1.71 bits per heavy atom. The van der Waals surface area contributed by atoms with Gasteiger partial charge in [0.15, 0.2) is 0 Å². The lowest BCUT2D eigenvalue weighted by Crippen LogP contribution is -2.49. The Labute approximate surface area is 88.1 Å². The fourth-order valence-electron chi connectivity index (χ4n) is 2.02. The van der Waals surface area contributed by atoms with Crippen molar-refractivity contribution in [3.05, 3.63) is 0 Å². The summed E-state index contributed by atoms with van der Waals surface area (Å²) in [5.74, 6) is 0. The molecule has 0 heterocycles. The predicted octanol–water partition coefficient (Wildman–Crippen LogP) is 0.608. The van der Waals surface area contributed by atoms with E-state index in [4.69, 9.17) is 0 Å². The van der Waals surface area contributed by atoms with Gasteiger partial charge in [0.05, 0.1) is 4.65 Å². The summed E-state index contributed by atoms with van der Waals surface area (Å²) in [5.41, 5.74) is 0. The van der Waals surface area contributed by atoms with Crippen LogP contribution in [0.5, 0.6) is 0 Å². The van der Waals surface area contributed by atoms with Crippen molar-refractivity contribution in [2.75, 3.05) is 0 Å². The summed E-state index contributed by atoms with van der Waals surface area (Å²) in [6.07, 6.45) is 4.85. The van der Waals surface area contributed by atoms with E-state index in [-0.39, 0.29) is 6.04 Å². The van der Waals surface area contributed by atoms with Crippen molar-refractivity contribution in [3.63, 3.8) is 0 Å². The third-order valence-electron chi connectivity index (χ3n) is 2.95. The van der Waals surface area contributed by atoms with Gasteiger partial charge in [0.25, 0.3) is 0 Å². The first kappa shape index (κ1) is 12.0. The SMILES string of the molecule is BC1(S(=O)(=O)NC(C)C)CCCCC1. The van der Waals surface area contributed by atoms with Crippen LogP contribution in [-0.2, 0) is 10.0 Å². The Morgan fingerprint density at radius 1 is 1.21 bits per heavy atom. The molecule has 0 aromatic rings. The average Bonchev–Trinajstić information content (AvgIpc) is 2.02. The third kappa shape index (κ3) is 2.51. The predicted molar refractivity (Wildman–Crippen MR) is 61.6 cm³/mol. The van der Waals surface area contributed by atoms with Crippen molar-refractivity contribution < 1.29 is 8.42 Å². The Balaban J connectivity index is 2.78. The molecule has 82 valence electrons. The molecule has 1 N–H and O–H groups in total. The molecule has 14 heavy (non-hydrogen) atoms. The molecule has 1 aliphatic rings. The maximum atomic E-state index is 12.0. The summed E-state index contributed by atoms with van der Waals surface area (Å²) in [6, 6.07) is -0.00116. The summed E-state index contributed by atoms with van der Waals surface area (Å²) in [6.45, 7) is 3.73. The monoisotopic (exact) mass is 217 g/mol. The maximum absolute atomic E-state index is 12.0. The van der Waals surface area contributed by atoms with Crippen LogP contribution in [0.3, 0.4) is 0 Å². The molecule has 1 fully saturated rings. The zero-order chi connectivity index (χ0) is 10.8. The molecule has 0 aromatic heterocycles. The van der Waals surface area contributed by atoms with E-state index in [1.54, 1.807) is 0 Å². The zero-order valence-electron chi connectivity index (χ0n) is 9.34. The minimum Gasteiger partial charge on any atom is -0.213 e. The summed E-state index contributed by atoms with van der Waals surface area (Å²) >= 11 is 0. The number of sulfonamides is 1. The highest BCUT2D eigenvalue weighted by Crippen LogP contribution is 2.31. The molecule has 3 nitrogen and oxygen atoms in total. The van der Waals surface area contributed by atoms with E-state index in [0.29, 0.717) is 0 Å². The van der Waals surface area contributed by atoms with Gasteiger partial charge in [0.2, 0.25) is 10.0 Å². The van der Waals surface area contributed by atoms with Gasteiger partial charge >= 0.3 is 0 Å². The smallest absolute Gasteiger partial charge is 0.209 e. The summed E-state index contributed by atoms with van der Waals surface area (Å²) < 4.78 is 26.2. The molecule has 0 unspecified atom stereocenters. The minimum absolute atomic E-state index is 0.00116. The van der Waals surface area contributed by atoms with Crippen LogP contribution in [0.25, 0.3) is 0 Å². The van der Waals surface area contributed by atoms with E-state index < -0.39 is 14.7 Å². The normalized spacial score (nSPS) is 22.5. The van der Waals surface area contributed by atoms with Crippen molar-refractivity contribution in [1.82, 2.24) is 4.72 Å². The van der Waals surface area contributed by atoms with E-state index in [1.165, 1.54) is 6.42 Å². The number of hydrogen-bond acceptors (Lipinski definition) is 2. The van der Waals surface area contributed by atoms with Gasteiger partial charge in [-0.1, -0.05) is 19.3 Å². The molecule has 0 aliphatic heterocycles. The summed E-state index contributed by atoms with van der Waals surface area (Å²) in [4.78, 5) is 0. The van der Waals surface area contributed by atoms with Gasteiger partial charge in [-0.15, -0.1) is 0 Å². The van der Waals surface area contributed by atoms with Crippen LogP contribution < -0.4 is 4.72 Å². The van der Waals surface area contributed by atoms with Crippen molar-refractivity contribution in [2.24, 2.45) is 0 Å². The van der Waals surface area contributed by atoms with Crippen molar-refractivity contribution in [3.8, 4) is 0 Å². The lowest BCUT2D eigenvalue weighted by molar-refractivity contribution is 0.445. The first-order valence-corrected chi connectivity index (χ1v) is 6.88. The molecule has 0 radical (unpaired) electrons. The molecule has 0 spiro atoms. The largest absolute Gasteiger partial charge is 0.213 e. The number of hydrogen-bond donors (Lipinski definition) is 1. The lowest BCUT2D eigenvalue weighted by atomic mass is 9.74. The van der Waals surface area contributed by atoms with Crippen molar-refractivity contribution in [2.45, 2.75) is 56.6 Å². The highest BCUT2D eigenvalue weighted by atomic mass is 32.2. The molecule has 0 atom stereocenters. The van der Waals surface area contributed by atoms with Crippen LogP contribution >= 0.6 is 0 Å². The number of rotatable bonds is 3. The van der Waals surface area contributed by atoms with Crippen molar-refractivity contribution in [1.29, 1.82) is 0 Å². The Bertz CT molecular complexity index is 281. The van der Waals surface area contributed by atoms with Crippen LogP contribution in [0, 0.1) is 0 Å². The quantitative estimate of drug-likeness (QED) is 0.704. The first-order valence-electron chi connectivity index (χ1n) is 5.39. The first-order chi connectivity index (χ1) is 6.37. The molecule has 0 aromatic carbocycles. The minimum atomic E-state index is -3.13. The van der Waals surface area contributed by atoms with Gasteiger partial charge in [-0.2, -0.15) is 0 Å². The topological polar surface area (TPSA) is 46.2 Å². The Morgan fingerprint density at radius 3 is 2.14 bits per heavy atom. The molecular formula is C9H20BNO2S. The van der Waals surface area contributed by atoms with E-state index >= 15 is 0 Å². The van der Waals surface area contributed by atoms with Gasteiger partial charge in [-0.05, 0) is 26.7 Å². The van der Waals surface area contributed by atoms with E-state index in [0.717, 1.165) is 25.7 Å². The highest BCUT2D eigenvalue weighted by Gasteiger charge is 2.39. The zero-order valence-corrected chi connectivity index (χ0v) is 10.2. The number of nitrogens with one attached hydrogen (secondary N) is 1. The fraction of sp³-hybridized carbons (Fsp3) is 1.00. The van der Waals surface area contributed by atoms with Gasteiger partial charge < -0.3 is 0 Å². The van der Waals surface area contributed by atoms with Crippen LogP contribution in [0.1, 0.15) is 46.0 Å². The van der Waals surface area contributed by atoms with Crippen LogP contribution in [0.2, 0.25) is 0 Å². The molecule has 1 saturated carbocycles. The average molecular weight is 217 g/mol. The Hall–Kier alpha value is -0.0251. The molecular weight excluding hydrogens is 197 g/mol. The van der Waals surface area contributed by atoms with Gasteiger partial charge in [-0.3, -0.25) is 0 Å². The van der Waals surface area contributed by atoms with E-state index in [2.05, 4.69) is 4.72 Å². The lowest BCUT2D eigenvalue weighted by Gasteiger charge is -2.33. The summed E-state index contributed by atoms with van der Waals surface area (Å²) in [7, 11) is -1.26. The van der Waals surface area contributed by atoms with Gasteiger partial charge in [0.1, 0.15) is 7.85 Å². The van der Waals surface area contributed by atoms with E-state index in [9.17, 15) is 8.42 Å². The van der Waals surface area contributed by atoms with Gasteiger partial charge in [0, 0.05) is 6.04 Å². The molecule has 0 saturated heterocycles. The fourth-order valence-corrected chi connectivity index (χ4v) is 3.75. The second kappa shape index (κ2) is 4.23. The van der Waals surface area contributed by atoms with Gasteiger partial charge in [-0.25, -0.2) is 13.1 Å². The summed E-state index contributed by atoms with van der Waals surface area (Å²) in [5, 5.41) is 0. The molecule has 1 rings (SSSR count). The third-order valence-corrected chi connectivity index (χ3v) is 5.44. The van der Waals surface area contributed by atoms with Crippen LogP contribution in [0.15, 0.2) is 0 Å². The standard InChI is InChI=1S/C9H20BNO2S/c1-8(2)11-14(12,13)9(10)6-4-3-5-7-9/h8,11H,3-7,10H2,1-2H3.